The van der Waals surface area contributed by atoms with Crippen LogP contribution in [0.1, 0.15) is 12.1 Å². The summed E-state index contributed by atoms with van der Waals surface area (Å²) in [7, 11) is -3.74. The van der Waals surface area contributed by atoms with Crippen LogP contribution in [0.2, 0.25) is 0 Å². The van der Waals surface area contributed by atoms with Crippen molar-refractivity contribution in [2.24, 2.45) is 11.1 Å². The molecule has 1 aliphatic rings. The zero-order valence-corrected chi connectivity index (χ0v) is 11.5. The SMILES string of the molecule is NS(=O)(=O)CC1CC(=O)N(c2ccnc(C(F)(F)F)c2)C1. The maximum Gasteiger partial charge on any atom is 0.433 e. The van der Waals surface area contributed by atoms with E-state index < -0.39 is 33.7 Å². The summed E-state index contributed by atoms with van der Waals surface area (Å²) in [6.45, 7) is 0.0105. The van der Waals surface area contributed by atoms with Gasteiger partial charge in [0.05, 0.1) is 5.75 Å². The Hall–Kier alpha value is -1.68. The number of hydrogen-bond acceptors (Lipinski definition) is 4. The first-order chi connectivity index (χ1) is 9.56. The van der Waals surface area contributed by atoms with Gasteiger partial charge in [-0.2, -0.15) is 13.2 Å². The predicted molar refractivity (Wildman–Crippen MR) is 67.7 cm³/mol. The summed E-state index contributed by atoms with van der Waals surface area (Å²) < 4.78 is 59.8. The molecule has 21 heavy (non-hydrogen) atoms. The van der Waals surface area contributed by atoms with E-state index in [1.54, 1.807) is 0 Å². The standard InChI is InChI=1S/C11H12F3N3O3S/c12-11(13,14)9-4-8(1-2-16-9)17-5-7(3-10(17)18)6-21(15,19)20/h1-2,4,7H,3,5-6H2,(H2,15,19,20). The molecule has 10 heteroatoms. The monoisotopic (exact) mass is 323 g/mol. The average molecular weight is 323 g/mol. The number of rotatable bonds is 3. The van der Waals surface area contributed by atoms with Crippen LogP contribution in [0.3, 0.4) is 0 Å². The minimum atomic E-state index is -4.61. The van der Waals surface area contributed by atoms with Crippen LogP contribution < -0.4 is 10.0 Å². The lowest BCUT2D eigenvalue weighted by molar-refractivity contribution is -0.141. The number of primary sulfonamides is 1. The van der Waals surface area contributed by atoms with Gasteiger partial charge in [0.15, 0.2) is 0 Å². The predicted octanol–water partition coefficient (Wildman–Crippen LogP) is 0.742. The second kappa shape index (κ2) is 5.26. The van der Waals surface area contributed by atoms with E-state index >= 15 is 0 Å². The molecular formula is C11H12F3N3O3S. The first-order valence-corrected chi connectivity index (χ1v) is 7.62. The number of amides is 1. The van der Waals surface area contributed by atoms with Crippen molar-refractivity contribution in [1.29, 1.82) is 0 Å². The second-order valence-corrected chi connectivity index (χ2v) is 6.46. The molecule has 0 saturated carbocycles. The summed E-state index contributed by atoms with van der Waals surface area (Å²) in [5.74, 6) is -1.36. The Morgan fingerprint density at radius 1 is 1.43 bits per heavy atom. The van der Waals surface area contributed by atoms with Crippen LogP contribution in [0.25, 0.3) is 0 Å². The van der Waals surface area contributed by atoms with Gasteiger partial charge in [-0.05, 0) is 12.1 Å². The Bertz CT molecular complexity index is 660. The molecule has 1 aliphatic heterocycles. The van der Waals surface area contributed by atoms with Crippen molar-refractivity contribution >= 4 is 21.6 Å². The number of sulfonamides is 1. The number of carbonyl (C=O) groups excluding carboxylic acids is 1. The molecule has 1 aromatic heterocycles. The first-order valence-electron chi connectivity index (χ1n) is 5.90. The Morgan fingerprint density at radius 2 is 2.10 bits per heavy atom. The van der Waals surface area contributed by atoms with Gasteiger partial charge in [-0.1, -0.05) is 0 Å². The molecule has 1 atom stereocenters. The number of nitrogens with zero attached hydrogens (tertiary/aromatic N) is 2. The molecule has 0 aromatic carbocycles. The van der Waals surface area contributed by atoms with Crippen LogP contribution in [0, 0.1) is 5.92 Å². The molecule has 1 unspecified atom stereocenters. The Morgan fingerprint density at radius 3 is 2.67 bits per heavy atom. The number of pyridine rings is 1. The zero-order chi connectivity index (χ0) is 15.8. The summed E-state index contributed by atoms with van der Waals surface area (Å²) in [4.78, 5) is 16.1. The van der Waals surface area contributed by atoms with E-state index in [4.69, 9.17) is 5.14 Å². The van der Waals surface area contributed by atoms with Crippen molar-refractivity contribution in [1.82, 2.24) is 4.98 Å². The van der Waals surface area contributed by atoms with Gasteiger partial charge in [-0.3, -0.25) is 9.78 Å². The second-order valence-electron chi connectivity index (χ2n) is 4.80. The van der Waals surface area contributed by atoms with Gasteiger partial charge in [0.1, 0.15) is 5.69 Å². The van der Waals surface area contributed by atoms with E-state index in [1.807, 2.05) is 0 Å². The van der Waals surface area contributed by atoms with Crippen molar-refractivity contribution in [2.75, 3.05) is 17.2 Å². The van der Waals surface area contributed by atoms with Gasteiger partial charge in [0.2, 0.25) is 15.9 Å². The lowest BCUT2D eigenvalue weighted by atomic mass is 10.1. The van der Waals surface area contributed by atoms with Gasteiger partial charge < -0.3 is 4.90 Å². The fraction of sp³-hybridized carbons (Fsp3) is 0.455. The molecule has 116 valence electrons. The molecule has 0 bridgehead atoms. The quantitative estimate of drug-likeness (QED) is 0.888. The molecule has 1 amide bonds. The molecule has 0 aliphatic carbocycles. The molecule has 2 N–H and O–H groups in total. The van der Waals surface area contributed by atoms with Crippen molar-refractivity contribution < 1.29 is 26.4 Å². The van der Waals surface area contributed by atoms with E-state index in [1.165, 1.54) is 6.07 Å². The number of nitrogens with two attached hydrogens (primary N) is 1. The van der Waals surface area contributed by atoms with E-state index in [0.29, 0.717) is 0 Å². The Balaban J connectivity index is 2.21. The summed E-state index contributed by atoms with van der Waals surface area (Å²) in [6.07, 6.45) is -3.72. The number of alkyl halides is 3. The molecule has 2 rings (SSSR count). The van der Waals surface area contributed by atoms with Gasteiger partial charge >= 0.3 is 6.18 Å². The maximum atomic E-state index is 12.6. The summed E-state index contributed by atoms with van der Waals surface area (Å²) in [5, 5.41) is 4.91. The first kappa shape index (κ1) is 15.7. The van der Waals surface area contributed by atoms with Crippen LogP contribution in [-0.2, 0) is 21.0 Å². The topological polar surface area (TPSA) is 93.4 Å². The van der Waals surface area contributed by atoms with E-state index in [-0.39, 0.29) is 24.4 Å². The van der Waals surface area contributed by atoms with Crippen molar-refractivity contribution in [3.63, 3.8) is 0 Å². The minimum Gasteiger partial charge on any atom is -0.312 e. The highest BCUT2D eigenvalue weighted by atomic mass is 32.2. The number of hydrogen-bond donors (Lipinski definition) is 1. The number of anilines is 1. The van der Waals surface area contributed by atoms with Crippen molar-refractivity contribution in [2.45, 2.75) is 12.6 Å². The van der Waals surface area contributed by atoms with E-state index in [0.717, 1.165) is 17.2 Å². The molecule has 0 spiro atoms. The van der Waals surface area contributed by atoms with E-state index in [9.17, 15) is 26.4 Å². The fourth-order valence-electron chi connectivity index (χ4n) is 2.21. The lowest BCUT2D eigenvalue weighted by Crippen LogP contribution is -2.27. The average Bonchev–Trinajstić information content (AvgIpc) is 2.67. The third kappa shape index (κ3) is 3.91. The smallest absolute Gasteiger partial charge is 0.312 e. The van der Waals surface area contributed by atoms with Gasteiger partial charge in [0.25, 0.3) is 0 Å². The van der Waals surface area contributed by atoms with Gasteiger partial charge in [-0.25, -0.2) is 13.6 Å². The van der Waals surface area contributed by atoms with Crippen LogP contribution in [-0.4, -0.2) is 31.6 Å². The number of halogens is 3. The molecule has 2 heterocycles. The van der Waals surface area contributed by atoms with Crippen LogP contribution in [0.15, 0.2) is 18.3 Å². The molecule has 1 aromatic rings. The molecule has 1 fully saturated rings. The number of carbonyl (C=O) groups is 1. The van der Waals surface area contributed by atoms with E-state index in [2.05, 4.69) is 4.98 Å². The summed E-state index contributed by atoms with van der Waals surface area (Å²) in [5.41, 5.74) is -1.07. The minimum absolute atomic E-state index is 0.0105. The normalized spacial score (nSPS) is 20.1. The molecular weight excluding hydrogens is 311 g/mol. The zero-order valence-electron chi connectivity index (χ0n) is 10.7. The molecule has 6 nitrogen and oxygen atoms in total. The Kier molecular flexibility index (Phi) is 3.93. The highest BCUT2D eigenvalue weighted by Crippen LogP contribution is 2.32. The third-order valence-corrected chi connectivity index (χ3v) is 3.95. The van der Waals surface area contributed by atoms with Crippen LogP contribution in [0.5, 0.6) is 0 Å². The summed E-state index contributed by atoms with van der Waals surface area (Å²) >= 11 is 0. The highest BCUT2D eigenvalue weighted by Gasteiger charge is 2.36. The summed E-state index contributed by atoms with van der Waals surface area (Å²) in [6, 6.07) is 2.03. The maximum absolute atomic E-state index is 12.6. The Labute approximate surface area is 118 Å². The molecule has 1 saturated heterocycles. The van der Waals surface area contributed by atoms with Gasteiger partial charge in [-0.15, -0.1) is 0 Å². The van der Waals surface area contributed by atoms with Gasteiger partial charge in [0, 0.05) is 30.8 Å². The third-order valence-electron chi connectivity index (χ3n) is 3.02. The van der Waals surface area contributed by atoms with Crippen molar-refractivity contribution in [3.05, 3.63) is 24.0 Å². The highest BCUT2D eigenvalue weighted by molar-refractivity contribution is 7.89. The fourth-order valence-corrected chi connectivity index (χ4v) is 3.09. The largest absolute Gasteiger partial charge is 0.433 e. The van der Waals surface area contributed by atoms with Crippen LogP contribution >= 0.6 is 0 Å². The van der Waals surface area contributed by atoms with Crippen molar-refractivity contribution in [3.8, 4) is 0 Å². The molecule has 0 radical (unpaired) electrons. The lowest BCUT2D eigenvalue weighted by Gasteiger charge is -2.17. The number of aromatic nitrogens is 1. The van der Waals surface area contributed by atoms with Crippen LogP contribution in [0.4, 0.5) is 18.9 Å².